The van der Waals surface area contributed by atoms with Crippen LogP contribution in [0.15, 0.2) is 18.7 Å². The highest BCUT2D eigenvalue weighted by Crippen LogP contribution is 2.48. The molecule has 0 unspecified atom stereocenters. The van der Waals surface area contributed by atoms with E-state index in [-0.39, 0.29) is 17.4 Å². The van der Waals surface area contributed by atoms with Gasteiger partial charge in [0.1, 0.15) is 11.3 Å². The second-order valence-electron chi connectivity index (χ2n) is 7.85. The molecule has 0 spiro atoms. The number of nitrogens with one attached hydrogen (secondary N) is 1. The zero-order valence-electron chi connectivity index (χ0n) is 17.8. The zero-order valence-corrected chi connectivity index (χ0v) is 18.5. The first-order chi connectivity index (χ1) is 16.1. The number of alkyl halides is 3. The predicted octanol–water partition coefficient (Wildman–Crippen LogP) is 3.25. The van der Waals surface area contributed by atoms with Crippen molar-refractivity contribution in [3.63, 3.8) is 0 Å². The van der Waals surface area contributed by atoms with Gasteiger partial charge in [-0.1, -0.05) is 11.6 Å². The Morgan fingerprint density at radius 3 is 2.62 bits per heavy atom. The third-order valence-corrected chi connectivity index (χ3v) is 6.00. The van der Waals surface area contributed by atoms with Gasteiger partial charge in [0, 0.05) is 37.1 Å². The minimum atomic E-state index is -4.69. The predicted molar refractivity (Wildman–Crippen MR) is 111 cm³/mol. The number of aromatic nitrogens is 10. The fraction of sp³-hybridized carbons (Fsp3) is 0.263. The lowest BCUT2D eigenvalue weighted by Crippen LogP contribution is -2.14. The van der Waals surface area contributed by atoms with E-state index in [1.54, 1.807) is 17.9 Å². The van der Waals surface area contributed by atoms with E-state index in [0.717, 1.165) is 23.9 Å². The Balaban J connectivity index is 1.59. The lowest BCUT2D eigenvalue weighted by Gasteiger charge is -2.24. The molecule has 1 N–H and O–H groups in total. The Hall–Kier alpha value is -3.94. The molecule has 0 saturated heterocycles. The number of hydrogen-bond acceptors (Lipinski definition) is 7. The molecule has 0 fully saturated rings. The lowest BCUT2D eigenvalue weighted by molar-refractivity contribution is -0.143. The van der Waals surface area contributed by atoms with Gasteiger partial charge in [-0.15, -0.1) is 10.2 Å². The van der Waals surface area contributed by atoms with Gasteiger partial charge in [0.25, 0.3) is 0 Å². The van der Waals surface area contributed by atoms with Crippen molar-refractivity contribution in [1.82, 2.24) is 49.3 Å². The SMILES string of the molecule is Cc1[nH]nc2c1[C@H](c1cnn(C)c1)c1c(ncn3nc(-c4nn(C)c(C(F)(F)F)c4Cl)nc13)O2. The number of hydrogen-bond donors (Lipinski definition) is 1. The summed E-state index contributed by atoms with van der Waals surface area (Å²) in [5, 5.41) is 19.1. The summed E-state index contributed by atoms with van der Waals surface area (Å²) in [6, 6.07) is 0. The number of aromatic amines is 1. The molecule has 15 heteroatoms. The van der Waals surface area contributed by atoms with Crippen molar-refractivity contribution in [1.29, 1.82) is 0 Å². The molecule has 174 valence electrons. The summed E-state index contributed by atoms with van der Waals surface area (Å²) < 4.78 is 49.9. The van der Waals surface area contributed by atoms with Crippen molar-refractivity contribution >= 4 is 17.2 Å². The van der Waals surface area contributed by atoms with E-state index < -0.39 is 22.8 Å². The van der Waals surface area contributed by atoms with Crippen LogP contribution in [0.3, 0.4) is 0 Å². The number of nitrogens with zero attached hydrogens (tertiary/aromatic N) is 9. The average molecular weight is 491 g/mol. The molecule has 0 bridgehead atoms. The molecule has 1 aliphatic rings. The zero-order chi connectivity index (χ0) is 23.9. The number of H-pyrrole nitrogens is 1. The number of ether oxygens (including phenoxy) is 1. The first-order valence-electron chi connectivity index (χ1n) is 9.90. The third kappa shape index (κ3) is 2.84. The average Bonchev–Trinajstić information content (AvgIpc) is 3.52. The number of rotatable bonds is 2. The van der Waals surface area contributed by atoms with Gasteiger partial charge in [-0.05, 0) is 6.92 Å². The lowest BCUT2D eigenvalue weighted by atomic mass is 9.86. The van der Waals surface area contributed by atoms with Crippen molar-refractivity contribution in [2.24, 2.45) is 14.1 Å². The Morgan fingerprint density at radius 2 is 1.94 bits per heavy atom. The molecule has 1 atom stereocenters. The van der Waals surface area contributed by atoms with E-state index >= 15 is 0 Å². The van der Waals surface area contributed by atoms with Crippen molar-refractivity contribution in [3.8, 4) is 23.3 Å². The van der Waals surface area contributed by atoms with Crippen LogP contribution < -0.4 is 4.74 Å². The van der Waals surface area contributed by atoms with E-state index in [0.29, 0.717) is 21.8 Å². The highest BCUT2D eigenvalue weighted by Gasteiger charge is 2.41. The minimum absolute atomic E-state index is 0.0778. The van der Waals surface area contributed by atoms with Crippen molar-refractivity contribution < 1.29 is 17.9 Å². The normalized spacial score (nSPS) is 15.4. The van der Waals surface area contributed by atoms with Gasteiger partial charge in [-0.3, -0.25) is 14.5 Å². The van der Waals surface area contributed by atoms with Crippen molar-refractivity contribution in [2.75, 3.05) is 0 Å². The largest absolute Gasteiger partial charge is 0.434 e. The third-order valence-electron chi connectivity index (χ3n) is 5.65. The molecular weight excluding hydrogens is 477 g/mol. The van der Waals surface area contributed by atoms with Crippen molar-refractivity contribution in [3.05, 3.63) is 51.8 Å². The van der Waals surface area contributed by atoms with E-state index in [4.69, 9.17) is 16.3 Å². The van der Waals surface area contributed by atoms with Crippen LogP contribution in [0.25, 0.3) is 17.2 Å². The highest BCUT2D eigenvalue weighted by molar-refractivity contribution is 6.33. The standard InChI is InChI=1S/C19H14ClF3N10O/c1-7-9-10(8-4-25-31(2)5-8)11-16-26-15(13-12(20)14(19(21,22)23)32(3)29-13)30-33(16)6-24-17(11)34-18(9)28-27-7/h4-6,10H,1-3H3,(H,27,28)/t10-/m0/s1. The van der Waals surface area contributed by atoms with Crippen LogP contribution in [-0.4, -0.2) is 49.3 Å². The Kier molecular flexibility index (Phi) is 4.12. The van der Waals surface area contributed by atoms with Gasteiger partial charge in [-0.25, -0.2) is 14.5 Å². The van der Waals surface area contributed by atoms with Gasteiger partial charge < -0.3 is 4.74 Å². The molecule has 0 saturated carbocycles. The monoisotopic (exact) mass is 490 g/mol. The summed E-state index contributed by atoms with van der Waals surface area (Å²) in [7, 11) is 2.95. The molecule has 1 aliphatic heterocycles. The molecule has 0 aliphatic carbocycles. The molecule has 0 amide bonds. The summed E-state index contributed by atoms with van der Waals surface area (Å²) in [5.74, 6) is 0.135. The first kappa shape index (κ1) is 20.7. The second kappa shape index (κ2) is 6.79. The Labute approximate surface area is 193 Å². The van der Waals surface area contributed by atoms with Gasteiger partial charge in [-0.2, -0.15) is 23.4 Å². The number of halogens is 4. The van der Waals surface area contributed by atoms with Gasteiger partial charge in [0.05, 0.1) is 17.7 Å². The number of aryl methyl sites for hydroxylation is 3. The Bertz CT molecular complexity index is 1590. The summed E-state index contributed by atoms with van der Waals surface area (Å²) in [5.41, 5.74) is 1.99. The van der Waals surface area contributed by atoms with E-state index in [1.807, 2.05) is 13.1 Å². The van der Waals surface area contributed by atoms with E-state index in [2.05, 4.69) is 35.5 Å². The fourth-order valence-corrected chi connectivity index (χ4v) is 4.59. The molecule has 5 aromatic rings. The van der Waals surface area contributed by atoms with Crippen LogP contribution in [0.5, 0.6) is 11.8 Å². The molecule has 6 heterocycles. The van der Waals surface area contributed by atoms with Crippen LogP contribution in [-0.2, 0) is 20.3 Å². The maximum Gasteiger partial charge on any atom is 0.434 e. The topological polar surface area (TPSA) is 117 Å². The molecule has 0 radical (unpaired) electrons. The summed E-state index contributed by atoms with van der Waals surface area (Å²) in [6.45, 7) is 1.86. The first-order valence-corrected chi connectivity index (χ1v) is 10.3. The van der Waals surface area contributed by atoms with E-state index in [1.165, 1.54) is 10.8 Å². The maximum absolute atomic E-state index is 13.4. The highest BCUT2D eigenvalue weighted by atomic mass is 35.5. The van der Waals surface area contributed by atoms with Crippen LogP contribution in [0.4, 0.5) is 13.2 Å². The quantitative estimate of drug-likeness (QED) is 0.396. The molecule has 11 nitrogen and oxygen atoms in total. The Morgan fingerprint density at radius 1 is 1.15 bits per heavy atom. The van der Waals surface area contributed by atoms with Gasteiger partial charge in [0.15, 0.2) is 17.0 Å². The van der Waals surface area contributed by atoms with E-state index in [9.17, 15) is 13.2 Å². The fourth-order valence-electron chi connectivity index (χ4n) is 4.23. The minimum Gasteiger partial charge on any atom is -0.418 e. The van der Waals surface area contributed by atoms with Crippen LogP contribution in [0.1, 0.15) is 34.0 Å². The molecule has 5 aromatic heterocycles. The van der Waals surface area contributed by atoms with Gasteiger partial charge in [0.2, 0.25) is 17.6 Å². The second-order valence-corrected chi connectivity index (χ2v) is 8.23. The van der Waals surface area contributed by atoms with Crippen LogP contribution in [0.2, 0.25) is 5.02 Å². The molecular formula is C19H14ClF3N10O. The summed E-state index contributed by atoms with van der Waals surface area (Å²) >= 11 is 6.06. The summed E-state index contributed by atoms with van der Waals surface area (Å²) in [6.07, 6.45) is 0.229. The molecule has 34 heavy (non-hydrogen) atoms. The van der Waals surface area contributed by atoms with Crippen LogP contribution >= 0.6 is 11.6 Å². The molecule has 6 rings (SSSR count). The maximum atomic E-state index is 13.4. The summed E-state index contributed by atoms with van der Waals surface area (Å²) in [4.78, 5) is 8.86. The smallest absolute Gasteiger partial charge is 0.418 e. The van der Waals surface area contributed by atoms with Crippen molar-refractivity contribution in [2.45, 2.75) is 19.0 Å². The molecule has 0 aromatic carbocycles. The number of fused-ring (bicyclic) bond motifs is 4. The van der Waals surface area contributed by atoms with Gasteiger partial charge >= 0.3 is 6.18 Å². The van der Waals surface area contributed by atoms with Crippen LogP contribution in [0, 0.1) is 6.92 Å².